The van der Waals surface area contributed by atoms with Crippen molar-refractivity contribution in [1.82, 2.24) is 24.7 Å². The van der Waals surface area contributed by atoms with Crippen LogP contribution in [0.5, 0.6) is 0 Å². The van der Waals surface area contributed by atoms with E-state index in [1.807, 2.05) is 12.4 Å². The van der Waals surface area contributed by atoms with Crippen LogP contribution in [0.15, 0.2) is 48.9 Å². The first-order valence-corrected chi connectivity index (χ1v) is 13.3. The maximum Gasteiger partial charge on any atom is 0.240 e. The van der Waals surface area contributed by atoms with Crippen LogP contribution in [0.4, 0.5) is 0 Å². The molecule has 1 saturated heterocycles. The second-order valence-corrected chi connectivity index (χ2v) is 10.6. The highest BCUT2D eigenvalue weighted by atomic mass is 16.5. The number of pyridine rings is 1. The molecule has 2 atom stereocenters. The molecule has 0 radical (unpaired) electrons. The number of nitrogens with one attached hydrogen (secondary N) is 1. The lowest BCUT2D eigenvalue weighted by Gasteiger charge is -2.37. The molecule has 192 valence electrons. The fourth-order valence-corrected chi connectivity index (χ4v) is 5.80. The number of ether oxygens (including phenoxy) is 1. The van der Waals surface area contributed by atoms with E-state index >= 15 is 0 Å². The van der Waals surface area contributed by atoms with Crippen molar-refractivity contribution < 1.29 is 9.53 Å². The molecule has 0 unspecified atom stereocenters. The van der Waals surface area contributed by atoms with Crippen LogP contribution in [0, 0.1) is 5.92 Å². The molecule has 1 fully saturated rings. The molecule has 7 nitrogen and oxygen atoms in total. The maximum absolute atomic E-state index is 13.8. The molecule has 2 aliphatic heterocycles. The monoisotopic (exact) mass is 489 g/mol. The fraction of sp³-hybridized carbons (Fsp3) is 0.517. The van der Waals surface area contributed by atoms with Gasteiger partial charge >= 0.3 is 0 Å². The Labute approximate surface area is 214 Å². The standard InChI is InChI=1S/C29H39N5O2/c1-21(2)17-25-24-5-4-6-27-28(24)23(20-34(27)19-22-7-9-30-10-8-22)18-26(31-25)29(35)33-13-11-32(12-14-33)15-16-36-3/h4-10,20-21,25-26,31H,11-19H2,1-3H3/t25-,26-/m0/s1. The lowest BCUT2D eigenvalue weighted by molar-refractivity contribution is -0.135. The van der Waals surface area contributed by atoms with E-state index in [4.69, 9.17) is 4.74 Å². The quantitative estimate of drug-likeness (QED) is 0.525. The van der Waals surface area contributed by atoms with Crippen LogP contribution in [0.1, 0.15) is 43.0 Å². The first kappa shape index (κ1) is 24.9. The molecule has 0 saturated carbocycles. The smallest absolute Gasteiger partial charge is 0.240 e. The highest BCUT2D eigenvalue weighted by Gasteiger charge is 2.34. The molecule has 2 aliphatic rings. The van der Waals surface area contributed by atoms with Crippen LogP contribution in [0.3, 0.4) is 0 Å². The van der Waals surface area contributed by atoms with Crippen LogP contribution >= 0.6 is 0 Å². The third-order valence-electron chi connectivity index (χ3n) is 7.62. The molecule has 0 bridgehead atoms. The van der Waals surface area contributed by atoms with Gasteiger partial charge in [-0.3, -0.25) is 20.0 Å². The van der Waals surface area contributed by atoms with Crippen LogP contribution in [0.2, 0.25) is 0 Å². The summed E-state index contributed by atoms with van der Waals surface area (Å²) < 4.78 is 7.58. The second kappa shape index (κ2) is 11.1. The largest absolute Gasteiger partial charge is 0.383 e. The van der Waals surface area contributed by atoms with E-state index in [1.54, 1.807) is 7.11 Å². The number of methoxy groups -OCH3 is 1. The molecule has 36 heavy (non-hydrogen) atoms. The zero-order valence-electron chi connectivity index (χ0n) is 21.8. The van der Waals surface area contributed by atoms with Gasteiger partial charge in [-0.1, -0.05) is 26.0 Å². The van der Waals surface area contributed by atoms with Crippen molar-refractivity contribution in [2.75, 3.05) is 46.4 Å². The number of aromatic nitrogens is 2. The summed E-state index contributed by atoms with van der Waals surface area (Å²) in [5.74, 6) is 0.760. The number of amides is 1. The molecule has 3 aromatic rings. The van der Waals surface area contributed by atoms with E-state index < -0.39 is 0 Å². The van der Waals surface area contributed by atoms with Gasteiger partial charge in [0, 0.05) is 81.9 Å². The van der Waals surface area contributed by atoms with Gasteiger partial charge in [0.1, 0.15) is 0 Å². The highest BCUT2D eigenvalue weighted by Crippen LogP contribution is 2.36. The lowest BCUT2D eigenvalue weighted by Crippen LogP contribution is -2.55. The van der Waals surface area contributed by atoms with Gasteiger partial charge in [0.15, 0.2) is 0 Å². The Morgan fingerprint density at radius 2 is 1.92 bits per heavy atom. The zero-order valence-corrected chi connectivity index (χ0v) is 21.8. The zero-order chi connectivity index (χ0) is 25.1. The van der Waals surface area contributed by atoms with Gasteiger partial charge < -0.3 is 14.2 Å². The number of rotatable bonds is 8. The summed E-state index contributed by atoms with van der Waals surface area (Å²) in [6.07, 6.45) is 7.69. The van der Waals surface area contributed by atoms with Gasteiger partial charge in [-0.15, -0.1) is 0 Å². The average Bonchev–Trinajstić information content (AvgIpc) is 3.15. The first-order chi connectivity index (χ1) is 17.5. The van der Waals surface area contributed by atoms with E-state index in [0.717, 1.165) is 52.3 Å². The number of carbonyl (C=O) groups excluding carboxylic acids is 1. The molecular formula is C29H39N5O2. The molecule has 0 spiro atoms. The molecule has 1 amide bonds. The predicted molar refractivity (Wildman–Crippen MR) is 143 cm³/mol. The van der Waals surface area contributed by atoms with Crippen molar-refractivity contribution in [2.24, 2.45) is 5.92 Å². The highest BCUT2D eigenvalue weighted by molar-refractivity contribution is 5.90. The Morgan fingerprint density at radius 3 is 2.64 bits per heavy atom. The van der Waals surface area contributed by atoms with Gasteiger partial charge in [-0.2, -0.15) is 0 Å². The summed E-state index contributed by atoms with van der Waals surface area (Å²) in [6.45, 7) is 10.4. The number of nitrogens with zero attached hydrogens (tertiary/aromatic N) is 4. The summed E-state index contributed by atoms with van der Waals surface area (Å²) in [5.41, 5.74) is 5.07. The molecule has 1 aromatic carbocycles. The Hall–Kier alpha value is -2.74. The van der Waals surface area contributed by atoms with Gasteiger partial charge in [0.2, 0.25) is 5.91 Å². The minimum Gasteiger partial charge on any atom is -0.383 e. The molecule has 1 N–H and O–H groups in total. The first-order valence-electron chi connectivity index (χ1n) is 13.3. The number of hydrogen-bond acceptors (Lipinski definition) is 5. The molecule has 5 rings (SSSR count). The molecule has 2 aromatic heterocycles. The van der Waals surface area contributed by atoms with Crippen LogP contribution in [-0.2, 0) is 22.5 Å². The lowest BCUT2D eigenvalue weighted by atomic mass is 9.94. The minimum atomic E-state index is -0.216. The van der Waals surface area contributed by atoms with Gasteiger partial charge in [-0.25, -0.2) is 0 Å². The number of hydrogen-bond donors (Lipinski definition) is 1. The topological polar surface area (TPSA) is 62.6 Å². The summed E-state index contributed by atoms with van der Waals surface area (Å²) in [4.78, 5) is 22.4. The van der Waals surface area contributed by atoms with E-state index in [1.165, 1.54) is 27.6 Å². The van der Waals surface area contributed by atoms with Crippen molar-refractivity contribution in [2.45, 2.75) is 45.3 Å². The Kier molecular flexibility index (Phi) is 7.70. The van der Waals surface area contributed by atoms with Crippen molar-refractivity contribution in [3.63, 3.8) is 0 Å². The third kappa shape index (κ3) is 5.33. The molecule has 0 aliphatic carbocycles. The van der Waals surface area contributed by atoms with Crippen molar-refractivity contribution in [3.8, 4) is 0 Å². The molecular weight excluding hydrogens is 450 g/mol. The Morgan fingerprint density at radius 1 is 1.14 bits per heavy atom. The maximum atomic E-state index is 13.8. The van der Waals surface area contributed by atoms with E-state index in [-0.39, 0.29) is 18.0 Å². The van der Waals surface area contributed by atoms with Gasteiger partial charge in [-0.05, 0) is 53.6 Å². The molecule has 7 heteroatoms. The van der Waals surface area contributed by atoms with E-state index in [2.05, 4.69) is 75.0 Å². The van der Waals surface area contributed by atoms with Crippen LogP contribution < -0.4 is 5.32 Å². The van der Waals surface area contributed by atoms with E-state index in [9.17, 15) is 4.79 Å². The van der Waals surface area contributed by atoms with Crippen LogP contribution in [0.25, 0.3) is 10.9 Å². The summed E-state index contributed by atoms with van der Waals surface area (Å²) in [6, 6.07) is 10.7. The third-order valence-corrected chi connectivity index (χ3v) is 7.62. The normalized spacial score (nSPS) is 20.7. The average molecular weight is 490 g/mol. The minimum absolute atomic E-state index is 0.156. The molecule has 4 heterocycles. The van der Waals surface area contributed by atoms with Crippen molar-refractivity contribution in [3.05, 3.63) is 65.6 Å². The summed E-state index contributed by atoms with van der Waals surface area (Å²) in [7, 11) is 1.74. The predicted octanol–water partition coefficient (Wildman–Crippen LogP) is 3.48. The number of benzene rings is 1. The van der Waals surface area contributed by atoms with E-state index in [0.29, 0.717) is 12.3 Å². The van der Waals surface area contributed by atoms with Crippen LogP contribution in [-0.4, -0.2) is 77.7 Å². The summed E-state index contributed by atoms with van der Waals surface area (Å²) >= 11 is 0. The summed E-state index contributed by atoms with van der Waals surface area (Å²) in [5, 5.41) is 5.13. The second-order valence-electron chi connectivity index (χ2n) is 10.6. The van der Waals surface area contributed by atoms with Gasteiger partial charge in [0.25, 0.3) is 0 Å². The number of carbonyl (C=O) groups is 1. The SMILES string of the molecule is COCCN1CCN(C(=O)[C@@H]2Cc3cn(Cc4ccncc4)c4cccc(c34)[C@H](CC(C)C)N2)CC1. The Balaban J connectivity index is 1.43. The van der Waals surface area contributed by atoms with Gasteiger partial charge in [0.05, 0.1) is 12.6 Å². The number of piperazine rings is 1. The van der Waals surface area contributed by atoms with Crippen molar-refractivity contribution >= 4 is 16.8 Å². The fourth-order valence-electron chi connectivity index (χ4n) is 5.80. The van der Waals surface area contributed by atoms with Crippen molar-refractivity contribution in [1.29, 1.82) is 0 Å². The Bertz CT molecular complexity index is 1170.